The smallest absolute Gasteiger partial charge is 0.355 e. The molecule has 23 heteroatoms. The summed E-state index contributed by atoms with van der Waals surface area (Å²) in [6, 6.07) is 4.27. The molecule has 0 aromatic carbocycles. The van der Waals surface area contributed by atoms with Gasteiger partial charge >= 0.3 is 11.9 Å². The number of carbonyl (C=O) groups excluding carboxylic acids is 6. The number of nitrogens with one attached hydrogen (secondary N) is 1. The van der Waals surface area contributed by atoms with E-state index in [1.54, 1.807) is 6.92 Å². The third kappa shape index (κ3) is 13.8. The van der Waals surface area contributed by atoms with Gasteiger partial charge in [-0.3, -0.25) is 28.9 Å². The van der Waals surface area contributed by atoms with Crippen LogP contribution in [0.3, 0.4) is 0 Å². The number of ether oxygens (including phenoxy) is 2. The molecule has 7 heterocycles. The lowest BCUT2D eigenvalue weighted by Crippen LogP contribution is -2.71. The highest BCUT2D eigenvalue weighted by Gasteiger charge is 2.68. The van der Waals surface area contributed by atoms with Crippen LogP contribution < -0.4 is 15.6 Å². The Morgan fingerprint density at radius 2 is 1.70 bits per heavy atom. The van der Waals surface area contributed by atoms with Crippen LogP contribution in [0.5, 0.6) is 0 Å². The minimum absolute atomic E-state index is 0.0200. The normalized spacial score (nSPS) is 31.3. The van der Waals surface area contributed by atoms with E-state index in [1.807, 2.05) is 59.4 Å². The van der Waals surface area contributed by atoms with Crippen molar-refractivity contribution in [2.45, 2.75) is 196 Å². The molecular formula is C64H88N9O9S5+. The van der Waals surface area contributed by atoms with Crippen molar-refractivity contribution >= 4 is 104 Å². The Morgan fingerprint density at radius 3 is 2.39 bits per heavy atom. The number of fused-ring (bicyclic) bond motifs is 3. The van der Waals surface area contributed by atoms with Gasteiger partial charge in [-0.25, -0.2) is 14.3 Å². The highest BCUT2D eigenvalue weighted by atomic mass is 32.2. The monoisotopic (exact) mass is 1290 g/mol. The number of piperidine rings is 1. The fourth-order valence-corrected chi connectivity index (χ4v) is 20.9. The van der Waals surface area contributed by atoms with E-state index in [4.69, 9.17) is 25.0 Å². The van der Waals surface area contributed by atoms with Crippen LogP contribution in [0.15, 0.2) is 62.7 Å². The predicted molar refractivity (Wildman–Crippen MR) is 343 cm³/mol. The van der Waals surface area contributed by atoms with Gasteiger partial charge in [-0.05, 0) is 101 Å². The number of unbranched alkanes of at least 4 members (excludes halogenated alkanes) is 7. The number of nitrogens with zero attached hydrogens (tertiary/aromatic N) is 7. The van der Waals surface area contributed by atoms with Gasteiger partial charge in [0.25, 0.3) is 11.8 Å². The Bertz CT molecular complexity index is 3090. The van der Waals surface area contributed by atoms with E-state index in [-0.39, 0.29) is 81.8 Å². The van der Waals surface area contributed by atoms with E-state index < -0.39 is 40.7 Å². The van der Waals surface area contributed by atoms with Gasteiger partial charge in [-0.1, -0.05) is 89.2 Å². The first-order valence-electron chi connectivity index (χ1n) is 31.5. The molecule has 18 nitrogen and oxygen atoms in total. The molecule has 3 saturated heterocycles. The molecule has 3 aromatic rings. The summed E-state index contributed by atoms with van der Waals surface area (Å²) in [5.74, 6) is -0.462. The minimum atomic E-state index is -0.967. The number of Topliss-reactive ketones (excluding diaryl/α,β-unsaturated/α-hetero) is 2. The number of oxime groups is 1. The Labute approximate surface area is 533 Å². The number of nitrogen functional groups attached to an aromatic ring is 1. The Balaban J connectivity index is 0.696. The van der Waals surface area contributed by atoms with Crippen LogP contribution in [0.25, 0.3) is 11.3 Å². The van der Waals surface area contributed by atoms with Crippen molar-refractivity contribution in [2.75, 3.05) is 37.5 Å². The average Bonchev–Trinajstić information content (AvgIpc) is 1.70. The predicted octanol–water partition coefficient (Wildman–Crippen LogP) is 10.7. The zero-order chi connectivity index (χ0) is 61.8. The molecule has 5 unspecified atom stereocenters. The SMILES string of the molecule is C=C[C@@]1(C)C[C@H](CC(=O)CSC2CC3CCC(C2)N3C)[C@@]2(C)C(C)CCC3(CCC(=O)C32)[C@H](C)[C@H]1OC(=O)CCCCCCCCCCOC(=O)C1=C(Sc2nc(-c3cc[n+](C)cc3)cs2)CS[C@H]2[C@@H](NC(=O)/C(=N\OCC)c3nsc(N)n3)C(=O)N12. The number of hydrogen-bond acceptors (Lipinski definition) is 20. The van der Waals surface area contributed by atoms with E-state index in [9.17, 15) is 28.8 Å². The number of β-lactam (4-membered cyclic amide) rings is 1. The summed E-state index contributed by atoms with van der Waals surface area (Å²) in [6.07, 6.45) is 22.0. The number of hydrogen-bond donors (Lipinski definition) is 2. The summed E-state index contributed by atoms with van der Waals surface area (Å²) in [5, 5.41) is 8.72. The van der Waals surface area contributed by atoms with Crippen molar-refractivity contribution in [2.24, 2.45) is 52.1 Å². The number of thiazole rings is 1. The molecule has 472 valence electrons. The lowest BCUT2D eigenvalue weighted by molar-refractivity contribution is -0.671. The first kappa shape index (κ1) is 65.3. The van der Waals surface area contributed by atoms with Gasteiger partial charge in [0.15, 0.2) is 21.9 Å². The molecule has 10 rings (SSSR count). The third-order valence-corrected chi connectivity index (χ3v) is 26.2. The second-order valence-electron chi connectivity index (χ2n) is 26.0. The van der Waals surface area contributed by atoms with E-state index in [0.717, 1.165) is 99.8 Å². The maximum atomic E-state index is 14.3. The van der Waals surface area contributed by atoms with Crippen LogP contribution in [-0.4, -0.2) is 132 Å². The molecule has 3 aliphatic carbocycles. The molecule has 0 spiro atoms. The van der Waals surface area contributed by atoms with Crippen molar-refractivity contribution < 1.29 is 47.6 Å². The summed E-state index contributed by atoms with van der Waals surface area (Å²) < 4.78 is 19.4. The molecule has 2 amide bonds. The molecule has 3 aromatic heterocycles. The molecule has 87 heavy (non-hydrogen) atoms. The van der Waals surface area contributed by atoms with Crippen LogP contribution >= 0.6 is 58.2 Å². The van der Waals surface area contributed by atoms with Crippen molar-refractivity contribution in [1.82, 2.24) is 29.5 Å². The Kier molecular flexibility index (Phi) is 21.2. The Morgan fingerprint density at radius 1 is 0.989 bits per heavy atom. The first-order valence-corrected chi connectivity index (χ1v) is 36.1. The van der Waals surface area contributed by atoms with Gasteiger partial charge in [0.1, 0.15) is 48.4 Å². The summed E-state index contributed by atoms with van der Waals surface area (Å²) in [4.78, 5) is 103. The zero-order valence-electron chi connectivity index (χ0n) is 51.6. The van der Waals surface area contributed by atoms with Gasteiger partial charge in [-0.2, -0.15) is 21.1 Å². The number of aryl methyl sites for hydroxylation is 1. The standard InChI is InChI=1S/C64H87N9O9S5/c1-9-62(5)34-41(31-44(74)35-83-45-32-42-20-21-43(33-45)72(42)8)63(6)38(3)22-26-64(27-23-47(75)53(63)64)39(4)54(62)82-49(76)19-17-15-13-11-12-14-16-18-30-80-59(79)52-48(86-61-66-46(36-85-61)40-24-28-71(7)29-25-40)37-84-58-51(57(78)73(52)58)67-56(77)50(69-81-10-2)55-68-60(65)87-70-55/h9,24-25,28-29,36,38-39,41-43,45,51,53-54,58H,1,10-23,26-27,30-35,37H2,2-8H3,(H2-,65,67,68,70,77)/p+1/b69-50-/t38?,39-,41+,42?,43?,45?,51+,53?,54-,58+,62+,63-,64?/m1/s1. The first-order chi connectivity index (χ1) is 41.8. The number of amides is 2. The largest absolute Gasteiger partial charge is 0.461 e. The maximum Gasteiger partial charge on any atom is 0.355 e. The van der Waals surface area contributed by atoms with E-state index in [2.05, 4.69) is 66.1 Å². The zero-order valence-corrected chi connectivity index (χ0v) is 55.7. The number of rotatable bonds is 27. The van der Waals surface area contributed by atoms with Crippen molar-refractivity contribution in [3.8, 4) is 11.3 Å². The number of ketones is 2. The van der Waals surface area contributed by atoms with Crippen LogP contribution in [0.4, 0.5) is 5.13 Å². The topological polar surface area (TPSA) is 230 Å². The Hall–Kier alpha value is -4.68. The highest BCUT2D eigenvalue weighted by Crippen LogP contribution is 2.70. The van der Waals surface area contributed by atoms with E-state index >= 15 is 0 Å². The molecule has 0 radical (unpaired) electrons. The number of esters is 2. The quantitative estimate of drug-likeness (QED) is 0.0137. The fourth-order valence-electron chi connectivity index (χ4n) is 15.7. The summed E-state index contributed by atoms with van der Waals surface area (Å²) in [5.41, 5.74) is 6.28. The molecule has 3 saturated carbocycles. The van der Waals surface area contributed by atoms with E-state index in [0.29, 0.717) is 76.0 Å². The summed E-state index contributed by atoms with van der Waals surface area (Å²) in [6.45, 7) is 15.5. The molecule has 3 N–H and O–H groups in total. The maximum absolute atomic E-state index is 14.3. The molecule has 4 bridgehead atoms. The average molecular weight is 1290 g/mol. The summed E-state index contributed by atoms with van der Waals surface area (Å²) in [7, 11) is 4.21. The fraction of sp³-hybridized carbons (Fsp3) is 0.672. The lowest BCUT2D eigenvalue weighted by Gasteiger charge is -2.63. The third-order valence-electron chi connectivity index (χ3n) is 20.8. The van der Waals surface area contributed by atoms with Crippen molar-refractivity contribution in [3.63, 3.8) is 0 Å². The number of thioether (sulfide) groups is 3. The van der Waals surface area contributed by atoms with Crippen molar-refractivity contribution in [3.05, 3.63) is 59.0 Å². The molecule has 6 fully saturated rings. The number of aromatic nitrogens is 4. The lowest BCUT2D eigenvalue weighted by atomic mass is 9.41. The number of nitrogens with two attached hydrogens (primary N) is 1. The highest BCUT2D eigenvalue weighted by molar-refractivity contribution is 8.07. The van der Waals surface area contributed by atoms with E-state index in [1.165, 1.54) is 52.6 Å². The van der Waals surface area contributed by atoms with Gasteiger partial charge in [0.2, 0.25) is 11.5 Å². The number of pyridine rings is 1. The van der Waals surface area contributed by atoms with Gasteiger partial charge < -0.3 is 30.3 Å². The van der Waals surface area contributed by atoms with Gasteiger partial charge in [-0.15, -0.1) is 29.7 Å². The second kappa shape index (κ2) is 28.2. The molecular weight excluding hydrogens is 1200 g/mol. The summed E-state index contributed by atoms with van der Waals surface area (Å²) >= 11 is 6.98. The molecule has 12 atom stereocenters. The number of anilines is 1. The minimum Gasteiger partial charge on any atom is -0.461 e. The molecule has 4 aliphatic heterocycles. The van der Waals surface area contributed by atoms with Crippen LogP contribution in [-0.2, 0) is 50.1 Å². The van der Waals surface area contributed by atoms with Gasteiger partial charge in [0, 0.05) is 99.1 Å². The van der Waals surface area contributed by atoms with Crippen LogP contribution in [0.2, 0.25) is 0 Å². The second-order valence-corrected chi connectivity index (χ2v) is 31.3. The number of carbonyl (C=O) groups is 6. The molecule has 7 aliphatic rings. The van der Waals surface area contributed by atoms with Crippen LogP contribution in [0.1, 0.15) is 162 Å². The van der Waals surface area contributed by atoms with Crippen LogP contribution in [0, 0.1) is 39.9 Å². The van der Waals surface area contributed by atoms with Gasteiger partial charge in [0.05, 0.1) is 18.1 Å². The van der Waals surface area contributed by atoms with Crippen molar-refractivity contribution in [1.29, 1.82) is 0 Å².